The van der Waals surface area contributed by atoms with E-state index in [0.717, 1.165) is 48.6 Å². The number of carbonyl (C=O) groups excluding carboxylic acids is 1. The predicted molar refractivity (Wildman–Crippen MR) is 123 cm³/mol. The fourth-order valence-corrected chi connectivity index (χ4v) is 4.41. The van der Waals surface area contributed by atoms with Crippen molar-refractivity contribution >= 4 is 29.2 Å². The monoisotopic (exact) mass is 450 g/mol. The Kier molecular flexibility index (Phi) is 5.65. The molecule has 1 aliphatic carbocycles. The molecule has 1 saturated heterocycles. The summed E-state index contributed by atoms with van der Waals surface area (Å²) in [5.41, 5.74) is 2.61. The predicted octanol–water partition coefficient (Wildman–Crippen LogP) is 3.63. The lowest BCUT2D eigenvalue weighted by molar-refractivity contribution is -0.117. The quantitative estimate of drug-likeness (QED) is 0.553. The van der Waals surface area contributed by atoms with E-state index in [0.29, 0.717) is 30.6 Å². The van der Waals surface area contributed by atoms with E-state index in [2.05, 4.69) is 34.4 Å². The van der Waals surface area contributed by atoms with Crippen molar-refractivity contribution in [1.29, 1.82) is 0 Å². The van der Waals surface area contributed by atoms with Crippen LogP contribution in [0.4, 0.5) is 27.7 Å². The first-order valence-corrected chi connectivity index (χ1v) is 11.4. The summed E-state index contributed by atoms with van der Waals surface area (Å²) in [6.45, 7) is 4.90. The molecule has 172 valence electrons. The summed E-state index contributed by atoms with van der Waals surface area (Å²) in [7, 11) is 0. The maximum Gasteiger partial charge on any atom is 0.247 e. The minimum Gasteiger partial charge on any atom is -0.333 e. The second-order valence-corrected chi connectivity index (χ2v) is 8.79. The van der Waals surface area contributed by atoms with Crippen LogP contribution < -0.4 is 15.5 Å². The van der Waals surface area contributed by atoms with Crippen LogP contribution in [-0.4, -0.2) is 43.0 Å². The topological polar surface area (TPSA) is 101 Å². The van der Waals surface area contributed by atoms with Crippen molar-refractivity contribution in [3.8, 4) is 0 Å². The third-order valence-corrected chi connectivity index (χ3v) is 6.17. The van der Waals surface area contributed by atoms with Gasteiger partial charge in [-0.3, -0.25) is 4.79 Å². The molecular weight excluding hydrogens is 423 g/mol. The number of hydrogen-bond acceptors (Lipinski definition) is 7. The van der Waals surface area contributed by atoms with E-state index in [1.807, 2.05) is 15.7 Å². The number of nitrogens with one attached hydrogen (secondary N) is 2. The summed E-state index contributed by atoms with van der Waals surface area (Å²) in [5.74, 6) is 1.30. The fourth-order valence-electron chi connectivity index (χ4n) is 4.41. The minimum absolute atomic E-state index is 0.171. The molecule has 1 atom stereocenters. The average Bonchev–Trinajstić information content (AvgIpc) is 3.55. The van der Waals surface area contributed by atoms with Gasteiger partial charge in [-0.2, -0.15) is 9.37 Å². The highest BCUT2D eigenvalue weighted by Gasteiger charge is 2.34. The third kappa shape index (κ3) is 4.37. The Morgan fingerprint density at radius 3 is 2.82 bits per heavy atom. The summed E-state index contributed by atoms with van der Waals surface area (Å²) in [4.78, 5) is 32.7. The fraction of sp³-hybridized carbons (Fsp3) is 0.435. The number of nitrogens with zero attached hydrogens (tertiary/aromatic N) is 6. The Hall–Kier alpha value is -3.56. The van der Waals surface area contributed by atoms with Crippen LogP contribution in [0.15, 0.2) is 30.9 Å². The van der Waals surface area contributed by atoms with Crippen LogP contribution in [0, 0.1) is 5.95 Å². The normalized spacial score (nSPS) is 17.5. The van der Waals surface area contributed by atoms with Gasteiger partial charge in [0.2, 0.25) is 17.8 Å². The number of carbonyl (C=O) groups is 1. The molecular formula is C23H27FN8O. The highest BCUT2D eigenvalue weighted by Crippen LogP contribution is 2.32. The van der Waals surface area contributed by atoms with Crippen LogP contribution in [-0.2, 0) is 17.6 Å². The van der Waals surface area contributed by atoms with E-state index in [9.17, 15) is 9.18 Å². The Labute approximate surface area is 191 Å². The third-order valence-electron chi connectivity index (χ3n) is 6.17. The number of halogens is 1. The average molecular weight is 451 g/mol. The van der Waals surface area contributed by atoms with Crippen molar-refractivity contribution in [2.75, 3.05) is 22.1 Å². The van der Waals surface area contributed by atoms with Gasteiger partial charge in [0.25, 0.3) is 0 Å². The van der Waals surface area contributed by atoms with Crippen molar-refractivity contribution in [2.24, 2.45) is 0 Å². The molecule has 10 heteroatoms. The van der Waals surface area contributed by atoms with Crippen molar-refractivity contribution in [3.05, 3.63) is 48.1 Å². The molecule has 3 aromatic heterocycles. The first kappa shape index (κ1) is 21.3. The van der Waals surface area contributed by atoms with E-state index < -0.39 is 12.0 Å². The molecule has 0 spiro atoms. The van der Waals surface area contributed by atoms with Gasteiger partial charge < -0.3 is 20.1 Å². The number of pyridine rings is 1. The lowest BCUT2D eigenvalue weighted by Gasteiger charge is -2.25. The molecule has 2 N–H and O–H groups in total. The number of imidazole rings is 1. The van der Waals surface area contributed by atoms with Gasteiger partial charge in [0.1, 0.15) is 17.7 Å². The number of aryl methyl sites for hydroxylation is 1. The van der Waals surface area contributed by atoms with Gasteiger partial charge in [0, 0.05) is 24.3 Å². The number of fused-ring (bicyclic) bond motifs is 1. The molecule has 0 radical (unpaired) electrons. The lowest BCUT2D eigenvalue weighted by atomic mass is 10.2. The number of anilines is 4. The number of rotatable bonds is 6. The highest BCUT2D eigenvalue weighted by molar-refractivity contribution is 5.96. The van der Waals surface area contributed by atoms with Crippen LogP contribution in [0.2, 0.25) is 0 Å². The molecule has 2 aliphatic rings. The zero-order valence-electron chi connectivity index (χ0n) is 18.8. The minimum atomic E-state index is -0.583. The zero-order chi connectivity index (χ0) is 22.9. The van der Waals surface area contributed by atoms with Gasteiger partial charge in [-0.1, -0.05) is 0 Å². The van der Waals surface area contributed by atoms with Crippen LogP contribution >= 0.6 is 0 Å². The van der Waals surface area contributed by atoms with E-state index in [-0.39, 0.29) is 5.91 Å². The second-order valence-electron chi connectivity index (χ2n) is 8.79. The molecule has 1 amide bonds. The van der Waals surface area contributed by atoms with Crippen molar-refractivity contribution in [3.63, 3.8) is 0 Å². The van der Waals surface area contributed by atoms with Gasteiger partial charge in [0.15, 0.2) is 0 Å². The molecule has 5 rings (SSSR count). The van der Waals surface area contributed by atoms with Crippen molar-refractivity contribution in [2.45, 2.75) is 58.0 Å². The summed E-state index contributed by atoms with van der Waals surface area (Å²) in [6.07, 6.45) is 9.50. The Morgan fingerprint density at radius 2 is 2.06 bits per heavy atom. The number of aromatic nitrogens is 5. The maximum absolute atomic E-state index is 13.1. The summed E-state index contributed by atoms with van der Waals surface area (Å²) in [5, 5.41) is 6.22. The highest BCUT2D eigenvalue weighted by atomic mass is 19.1. The van der Waals surface area contributed by atoms with Gasteiger partial charge in [-0.25, -0.2) is 15.0 Å². The second kappa shape index (κ2) is 8.76. The number of amides is 1. The first-order valence-electron chi connectivity index (χ1n) is 11.4. The Morgan fingerprint density at radius 1 is 1.18 bits per heavy atom. The van der Waals surface area contributed by atoms with E-state index in [4.69, 9.17) is 9.97 Å². The smallest absolute Gasteiger partial charge is 0.247 e. The van der Waals surface area contributed by atoms with E-state index >= 15 is 0 Å². The van der Waals surface area contributed by atoms with Crippen LogP contribution in [0.3, 0.4) is 0 Å². The summed E-state index contributed by atoms with van der Waals surface area (Å²) in [6, 6.07) is 2.65. The molecule has 3 aromatic rings. The van der Waals surface area contributed by atoms with Gasteiger partial charge >= 0.3 is 0 Å². The van der Waals surface area contributed by atoms with Crippen LogP contribution in [0.1, 0.15) is 50.4 Å². The molecule has 1 aliphatic heterocycles. The summed E-state index contributed by atoms with van der Waals surface area (Å²) >= 11 is 0. The molecule has 0 saturated carbocycles. The lowest BCUT2D eigenvalue weighted by Crippen LogP contribution is -2.40. The Balaban J connectivity index is 1.40. The molecule has 4 heterocycles. The molecule has 0 aromatic carbocycles. The molecule has 9 nitrogen and oxygen atoms in total. The van der Waals surface area contributed by atoms with Gasteiger partial charge in [0.05, 0.1) is 23.9 Å². The summed E-state index contributed by atoms with van der Waals surface area (Å²) < 4.78 is 15.1. The number of hydrogen-bond donors (Lipinski definition) is 2. The standard InChI is InChI=1S/C23H27FN8O/c1-14(2)31-12-20(26-13-31)29-21-16-5-3-6-17(16)28-23(30-21)32-10-4-7-18(32)22(33)27-15-8-9-19(24)25-11-15/h8-9,11-14,18H,3-7,10H2,1-2H3,(H,27,33)(H,28,29,30). The largest absolute Gasteiger partial charge is 0.333 e. The molecule has 1 fully saturated rings. The zero-order valence-corrected chi connectivity index (χ0v) is 18.8. The van der Waals surface area contributed by atoms with Crippen LogP contribution in [0.25, 0.3) is 0 Å². The molecule has 1 unspecified atom stereocenters. The maximum atomic E-state index is 13.1. The SMILES string of the molecule is CC(C)n1cnc(Nc2nc(N3CCCC3C(=O)Nc3ccc(F)nc3)nc3c2CCC3)c1. The van der Waals surface area contributed by atoms with Crippen LogP contribution in [0.5, 0.6) is 0 Å². The Bertz CT molecular complexity index is 1160. The first-order chi connectivity index (χ1) is 16.0. The van der Waals surface area contributed by atoms with Gasteiger partial charge in [-0.15, -0.1) is 0 Å². The van der Waals surface area contributed by atoms with E-state index in [1.54, 1.807) is 6.33 Å². The molecule has 0 bridgehead atoms. The van der Waals surface area contributed by atoms with Crippen molar-refractivity contribution in [1.82, 2.24) is 24.5 Å². The molecule has 33 heavy (non-hydrogen) atoms. The van der Waals surface area contributed by atoms with E-state index in [1.165, 1.54) is 18.3 Å². The van der Waals surface area contributed by atoms with Crippen molar-refractivity contribution < 1.29 is 9.18 Å². The van der Waals surface area contributed by atoms with Gasteiger partial charge in [-0.05, 0) is 58.1 Å².